The smallest absolute Gasteiger partial charge is 0.271 e. The number of hydrogen-bond acceptors (Lipinski definition) is 4. The van der Waals surface area contributed by atoms with Crippen molar-refractivity contribution >= 4 is 23.0 Å². The fraction of sp³-hybridized carbons (Fsp3) is 0.381. The third-order valence-electron chi connectivity index (χ3n) is 6.08. The van der Waals surface area contributed by atoms with Gasteiger partial charge in [0.25, 0.3) is 5.91 Å². The molecule has 5 rings (SSSR count). The quantitative estimate of drug-likeness (QED) is 0.644. The first-order chi connectivity index (χ1) is 12.8. The highest BCUT2D eigenvalue weighted by Crippen LogP contribution is 2.41. The van der Waals surface area contributed by atoms with E-state index in [-0.39, 0.29) is 5.91 Å². The number of carbonyl (C=O) groups excluding carboxylic acids is 1. The van der Waals surface area contributed by atoms with E-state index in [1.54, 1.807) is 6.07 Å². The number of anilines is 1. The van der Waals surface area contributed by atoms with Gasteiger partial charge >= 0.3 is 0 Å². The number of allylic oxidation sites excluding steroid dienone is 4. The van der Waals surface area contributed by atoms with E-state index < -0.39 is 0 Å². The average Bonchev–Trinajstić information content (AvgIpc) is 3.18. The molecule has 4 unspecified atom stereocenters. The van der Waals surface area contributed by atoms with Gasteiger partial charge in [0.1, 0.15) is 0 Å². The second-order valence-electron chi connectivity index (χ2n) is 7.62. The van der Waals surface area contributed by atoms with Gasteiger partial charge in [0.05, 0.1) is 5.69 Å². The largest absolute Gasteiger partial charge is 0.279 e. The summed E-state index contributed by atoms with van der Waals surface area (Å²) in [5.41, 5.74) is 9.57. The Morgan fingerprint density at radius 3 is 2.35 bits per heavy atom. The van der Waals surface area contributed by atoms with Crippen LogP contribution in [0.25, 0.3) is 0 Å². The summed E-state index contributed by atoms with van der Waals surface area (Å²) in [5, 5.41) is 8.87. The van der Waals surface area contributed by atoms with Crippen molar-refractivity contribution < 1.29 is 4.79 Å². The SMILES string of the molecule is O=C(N/N=C1\CC2C=CCC12)c1cccc(N/N=C2/CC3C=CCC23)c1. The number of benzene rings is 1. The zero-order chi connectivity index (χ0) is 17.5. The predicted octanol–water partition coefficient (Wildman–Crippen LogP) is 3.73. The summed E-state index contributed by atoms with van der Waals surface area (Å²) >= 11 is 0. The molecule has 0 aromatic heterocycles. The van der Waals surface area contributed by atoms with Crippen LogP contribution in [-0.2, 0) is 0 Å². The van der Waals surface area contributed by atoms with Gasteiger partial charge < -0.3 is 0 Å². The fourth-order valence-electron chi connectivity index (χ4n) is 4.38. The lowest BCUT2D eigenvalue weighted by molar-refractivity contribution is 0.0954. The van der Waals surface area contributed by atoms with Crippen LogP contribution in [-0.4, -0.2) is 17.3 Å². The molecule has 5 heteroatoms. The molecular formula is C21H22N4O. The van der Waals surface area contributed by atoms with E-state index in [1.165, 1.54) is 5.71 Å². The van der Waals surface area contributed by atoms with Gasteiger partial charge in [0.15, 0.2) is 0 Å². The monoisotopic (exact) mass is 346 g/mol. The van der Waals surface area contributed by atoms with Gasteiger partial charge in [0, 0.05) is 28.8 Å². The number of fused-ring (bicyclic) bond motifs is 2. The highest BCUT2D eigenvalue weighted by molar-refractivity contribution is 5.98. The number of amides is 1. The summed E-state index contributed by atoms with van der Waals surface area (Å²) in [4.78, 5) is 12.4. The number of hydrogen-bond donors (Lipinski definition) is 2. The van der Waals surface area contributed by atoms with Crippen LogP contribution >= 0.6 is 0 Å². The molecule has 4 aliphatic rings. The zero-order valence-corrected chi connectivity index (χ0v) is 14.6. The first-order valence-corrected chi connectivity index (χ1v) is 9.40. The average molecular weight is 346 g/mol. The number of nitrogens with zero attached hydrogens (tertiary/aromatic N) is 2. The Balaban J connectivity index is 1.20. The van der Waals surface area contributed by atoms with E-state index in [2.05, 4.69) is 45.4 Å². The predicted molar refractivity (Wildman–Crippen MR) is 103 cm³/mol. The maximum atomic E-state index is 12.4. The summed E-state index contributed by atoms with van der Waals surface area (Å²) in [6.07, 6.45) is 13.2. The van der Waals surface area contributed by atoms with Gasteiger partial charge in [-0.15, -0.1) is 0 Å². The maximum absolute atomic E-state index is 12.4. The van der Waals surface area contributed by atoms with Gasteiger partial charge in [-0.2, -0.15) is 10.2 Å². The highest BCUT2D eigenvalue weighted by atomic mass is 16.2. The third-order valence-corrected chi connectivity index (χ3v) is 6.08. The van der Waals surface area contributed by atoms with Crippen molar-refractivity contribution in [2.24, 2.45) is 33.9 Å². The van der Waals surface area contributed by atoms with Crippen LogP contribution in [0.4, 0.5) is 5.69 Å². The molecule has 0 saturated heterocycles. The van der Waals surface area contributed by atoms with Gasteiger partial charge in [-0.25, -0.2) is 5.43 Å². The molecule has 0 heterocycles. The molecule has 1 aromatic rings. The van der Waals surface area contributed by atoms with E-state index in [9.17, 15) is 4.79 Å². The molecule has 0 spiro atoms. The van der Waals surface area contributed by atoms with Crippen LogP contribution in [0, 0.1) is 23.7 Å². The number of carbonyl (C=O) groups is 1. The molecule has 0 aliphatic heterocycles. The van der Waals surface area contributed by atoms with Crippen LogP contribution < -0.4 is 10.9 Å². The first kappa shape index (κ1) is 15.6. The standard InChI is InChI=1S/C21H22N4O/c26-21(25-24-20-12-14-5-3-9-18(14)20)15-6-1-7-16(10-15)22-23-19-11-13-4-2-8-17(13)19/h1-7,10,13-14,17-18,22H,8-9,11-12H2,(H,25,26)/b23-19-,24-20+. The lowest BCUT2D eigenvalue weighted by Gasteiger charge is -2.32. The Morgan fingerprint density at radius 2 is 1.65 bits per heavy atom. The first-order valence-electron chi connectivity index (χ1n) is 9.40. The number of nitrogens with one attached hydrogen (secondary N) is 2. The summed E-state index contributed by atoms with van der Waals surface area (Å²) < 4.78 is 0. The minimum Gasteiger partial charge on any atom is -0.279 e. The molecule has 0 bridgehead atoms. The molecule has 5 nitrogen and oxygen atoms in total. The van der Waals surface area contributed by atoms with Crippen LogP contribution in [0.2, 0.25) is 0 Å². The molecule has 26 heavy (non-hydrogen) atoms. The summed E-state index contributed by atoms with van der Waals surface area (Å²) in [5.74, 6) is 2.25. The van der Waals surface area contributed by atoms with Gasteiger partial charge in [0.2, 0.25) is 0 Å². The Kier molecular flexibility index (Phi) is 3.73. The minimum absolute atomic E-state index is 0.174. The maximum Gasteiger partial charge on any atom is 0.271 e. The lowest BCUT2D eigenvalue weighted by atomic mass is 9.74. The van der Waals surface area contributed by atoms with Crippen LogP contribution in [0.3, 0.4) is 0 Å². The zero-order valence-electron chi connectivity index (χ0n) is 14.6. The number of rotatable bonds is 4. The van der Waals surface area contributed by atoms with Crippen molar-refractivity contribution in [1.82, 2.24) is 5.43 Å². The molecule has 4 aliphatic carbocycles. The molecular weight excluding hydrogens is 324 g/mol. The van der Waals surface area contributed by atoms with Crippen molar-refractivity contribution in [2.75, 3.05) is 5.43 Å². The second-order valence-corrected chi connectivity index (χ2v) is 7.62. The molecule has 1 aromatic carbocycles. The lowest BCUT2D eigenvalue weighted by Crippen LogP contribution is -2.35. The number of hydrazone groups is 2. The van der Waals surface area contributed by atoms with Crippen molar-refractivity contribution in [2.45, 2.75) is 25.7 Å². The van der Waals surface area contributed by atoms with Crippen molar-refractivity contribution in [3.8, 4) is 0 Å². The van der Waals surface area contributed by atoms with E-state index in [0.29, 0.717) is 29.2 Å². The van der Waals surface area contributed by atoms with E-state index >= 15 is 0 Å². The molecule has 132 valence electrons. The van der Waals surface area contributed by atoms with Crippen molar-refractivity contribution in [3.63, 3.8) is 0 Å². The normalized spacial score (nSPS) is 33.5. The van der Waals surface area contributed by atoms with Gasteiger partial charge in [-0.1, -0.05) is 30.4 Å². The Morgan fingerprint density at radius 1 is 0.962 bits per heavy atom. The molecule has 2 fully saturated rings. The summed E-state index contributed by atoms with van der Waals surface area (Å²) in [7, 11) is 0. The molecule has 0 radical (unpaired) electrons. The van der Waals surface area contributed by atoms with Crippen LogP contribution in [0.1, 0.15) is 36.0 Å². The van der Waals surface area contributed by atoms with Crippen LogP contribution in [0.15, 0.2) is 58.8 Å². The van der Waals surface area contributed by atoms with Gasteiger partial charge in [-0.05, 0) is 55.7 Å². The van der Waals surface area contributed by atoms with E-state index in [1.807, 2.05) is 18.2 Å². The van der Waals surface area contributed by atoms with Crippen molar-refractivity contribution in [1.29, 1.82) is 0 Å². The van der Waals surface area contributed by atoms with Crippen LogP contribution in [0.5, 0.6) is 0 Å². The molecule has 2 N–H and O–H groups in total. The van der Waals surface area contributed by atoms with E-state index in [0.717, 1.165) is 37.1 Å². The topological polar surface area (TPSA) is 65.8 Å². The molecule has 4 atom stereocenters. The minimum atomic E-state index is -0.174. The van der Waals surface area contributed by atoms with Crippen molar-refractivity contribution in [3.05, 3.63) is 54.1 Å². The Hall–Kier alpha value is -2.69. The fourth-order valence-corrected chi connectivity index (χ4v) is 4.38. The second kappa shape index (κ2) is 6.24. The Labute approximate surface area is 152 Å². The molecule has 1 amide bonds. The summed E-state index contributed by atoms with van der Waals surface area (Å²) in [6, 6.07) is 7.42. The summed E-state index contributed by atoms with van der Waals surface area (Å²) in [6.45, 7) is 0. The van der Waals surface area contributed by atoms with E-state index in [4.69, 9.17) is 0 Å². The third kappa shape index (κ3) is 2.68. The van der Waals surface area contributed by atoms with Gasteiger partial charge in [-0.3, -0.25) is 10.2 Å². The highest BCUT2D eigenvalue weighted by Gasteiger charge is 2.38. The Bertz CT molecular complexity index is 867. The molecule has 2 saturated carbocycles.